The van der Waals surface area contributed by atoms with E-state index < -0.39 is 0 Å². The van der Waals surface area contributed by atoms with E-state index in [4.69, 9.17) is 4.74 Å². The molecule has 0 spiro atoms. The molecule has 0 N–H and O–H groups in total. The van der Waals surface area contributed by atoms with Crippen LogP contribution in [0.4, 0.5) is 5.95 Å². The van der Waals surface area contributed by atoms with Crippen LogP contribution in [0.1, 0.15) is 5.56 Å². The number of anilines is 1. The average molecular weight is 360 g/mol. The summed E-state index contributed by atoms with van der Waals surface area (Å²) in [6.07, 6.45) is 3.61. The van der Waals surface area contributed by atoms with Gasteiger partial charge < -0.3 is 9.64 Å². The van der Waals surface area contributed by atoms with Gasteiger partial charge in [0, 0.05) is 50.7 Å². The van der Waals surface area contributed by atoms with Gasteiger partial charge in [-0.3, -0.25) is 4.90 Å². The number of para-hydroxylation sites is 1. The third kappa shape index (κ3) is 4.09. The van der Waals surface area contributed by atoms with Gasteiger partial charge in [0.05, 0.1) is 7.11 Å². The number of aromatic nitrogens is 2. The van der Waals surface area contributed by atoms with Crippen LogP contribution >= 0.6 is 0 Å². The van der Waals surface area contributed by atoms with Gasteiger partial charge in [-0.05, 0) is 29.3 Å². The molecule has 5 nitrogen and oxygen atoms in total. The van der Waals surface area contributed by atoms with E-state index in [-0.39, 0.29) is 0 Å². The minimum atomic E-state index is 0.829. The predicted molar refractivity (Wildman–Crippen MR) is 108 cm³/mol. The zero-order chi connectivity index (χ0) is 18.5. The third-order valence-corrected chi connectivity index (χ3v) is 4.96. The van der Waals surface area contributed by atoms with Crippen LogP contribution in [0.15, 0.2) is 67.0 Å². The molecule has 0 atom stereocenters. The van der Waals surface area contributed by atoms with Crippen molar-refractivity contribution < 1.29 is 4.74 Å². The fraction of sp³-hybridized carbons (Fsp3) is 0.273. The molecule has 0 radical (unpaired) electrons. The number of benzene rings is 2. The van der Waals surface area contributed by atoms with Crippen LogP contribution in [0.2, 0.25) is 0 Å². The van der Waals surface area contributed by atoms with Crippen molar-refractivity contribution >= 4 is 5.95 Å². The van der Waals surface area contributed by atoms with Crippen molar-refractivity contribution in [1.82, 2.24) is 14.9 Å². The molecule has 5 heteroatoms. The normalized spacial score (nSPS) is 14.9. The summed E-state index contributed by atoms with van der Waals surface area (Å²) in [5.74, 6) is 1.74. The summed E-state index contributed by atoms with van der Waals surface area (Å²) in [5.41, 5.74) is 3.65. The molecular formula is C22H24N4O. The van der Waals surface area contributed by atoms with E-state index in [9.17, 15) is 0 Å². The quantitative estimate of drug-likeness (QED) is 0.697. The number of ether oxygens (including phenoxy) is 1. The molecule has 2 aromatic carbocycles. The molecule has 3 aromatic rings. The fourth-order valence-corrected chi connectivity index (χ4v) is 3.54. The lowest BCUT2D eigenvalue weighted by atomic mass is 10.0. The highest BCUT2D eigenvalue weighted by atomic mass is 16.5. The molecule has 138 valence electrons. The summed E-state index contributed by atoms with van der Waals surface area (Å²) < 4.78 is 5.52. The first-order valence-electron chi connectivity index (χ1n) is 9.30. The van der Waals surface area contributed by atoms with Crippen molar-refractivity contribution in [3.8, 4) is 16.9 Å². The first-order chi connectivity index (χ1) is 13.3. The average Bonchev–Trinajstić information content (AvgIpc) is 2.75. The monoisotopic (exact) mass is 360 g/mol. The molecule has 0 unspecified atom stereocenters. The van der Waals surface area contributed by atoms with Crippen LogP contribution in [0.3, 0.4) is 0 Å². The Morgan fingerprint density at radius 2 is 1.67 bits per heavy atom. The Morgan fingerprint density at radius 3 is 2.44 bits per heavy atom. The molecule has 0 aliphatic carbocycles. The highest BCUT2D eigenvalue weighted by Gasteiger charge is 2.19. The summed E-state index contributed by atoms with van der Waals surface area (Å²) in [6.45, 7) is 4.88. The van der Waals surface area contributed by atoms with Crippen molar-refractivity contribution in [3.05, 3.63) is 72.6 Å². The van der Waals surface area contributed by atoms with Gasteiger partial charge in [0.1, 0.15) is 5.75 Å². The summed E-state index contributed by atoms with van der Waals surface area (Å²) in [4.78, 5) is 13.5. The van der Waals surface area contributed by atoms with Gasteiger partial charge in [-0.1, -0.05) is 36.4 Å². The van der Waals surface area contributed by atoms with Gasteiger partial charge >= 0.3 is 0 Å². The molecule has 1 fully saturated rings. The van der Waals surface area contributed by atoms with Crippen molar-refractivity contribution in [3.63, 3.8) is 0 Å². The summed E-state index contributed by atoms with van der Waals surface area (Å²) >= 11 is 0. The smallest absolute Gasteiger partial charge is 0.225 e. The van der Waals surface area contributed by atoms with Crippen LogP contribution in [0.5, 0.6) is 5.75 Å². The molecule has 4 rings (SSSR count). The summed E-state index contributed by atoms with van der Waals surface area (Å²) in [5, 5.41) is 0. The molecule has 0 saturated carbocycles. The largest absolute Gasteiger partial charge is 0.496 e. The highest BCUT2D eigenvalue weighted by molar-refractivity contribution is 5.70. The Morgan fingerprint density at radius 1 is 0.889 bits per heavy atom. The number of rotatable bonds is 5. The number of hydrogen-bond acceptors (Lipinski definition) is 5. The van der Waals surface area contributed by atoms with E-state index >= 15 is 0 Å². The topological polar surface area (TPSA) is 41.5 Å². The Labute approximate surface area is 160 Å². The van der Waals surface area contributed by atoms with Crippen LogP contribution in [-0.4, -0.2) is 48.2 Å². The summed E-state index contributed by atoms with van der Waals surface area (Å²) in [6, 6.07) is 18.8. The lowest BCUT2D eigenvalue weighted by Gasteiger charge is -2.34. The Bertz CT molecular complexity index is 876. The lowest BCUT2D eigenvalue weighted by Crippen LogP contribution is -2.46. The van der Waals surface area contributed by atoms with Crippen molar-refractivity contribution in [2.75, 3.05) is 38.2 Å². The molecule has 1 aliphatic heterocycles. The van der Waals surface area contributed by atoms with Gasteiger partial charge in [0.2, 0.25) is 5.95 Å². The van der Waals surface area contributed by atoms with Gasteiger partial charge in [0.15, 0.2) is 0 Å². The van der Waals surface area contributed by atoms with E-state index in [1.54, 1.807) is 19.5 Å². The Kier molecular flexibility index (Phi) is 5.30. The van der Waals surface area contributed by atoms with Gasteiger partial charge in [-0.2, -0.15) is 0 Å². The number of piperazine rings is 1. The minimum Gasteiger partial charge on any atom is -0.496 e. The SMILES string of the molecule is COc1ccccc1-c1cccc(CN2CCN(c3ncccn3)CC2)c1. The van der Waals surface area contributed by atoms with Crippen molar-refractivity contribution in [2.24, 2.45) is 0 Å². The second-order valence-corrected chi connectivity index (χ2v) is 6.71. The summed E-state index contributed by atoms with van der Waals surface area (Å²) in [7, 11) is 1.72. The number of nitrogens with zero attached hydrogens (tertiary/aromatic N) is 4. The molecule has 0 amide bonds. The first-order valence-corrected chi connectivity index (χ1v) is 9.30. The Balaban J connectivity index is 1.42. The Hall–Kier alpha value is -2.92. The highest BCUT2D eigenvalue weighted by Crippen LogP contribution is 2.30. The first kappa shape index (κ1) is 17.5. The van der Waals surface area contributed by atoms with E-state index in [2.05, 4.69) is 56.2 Å². The van der Waals surface area contributed by atoms with Crippen LogP contribution < -0.4 is 9.64 Å². The fourth-order valence-electron chi connectivity index (χ4n) is 3.54. The van der Waals surface area contributed by atoms with Crippen molar-refractivity contribution in [2.45, 2.75) is 6.54 Å². The molecule has 1 aliphatic rings. The molecule has 1 saturated heterocycles. The van der Waals surface area contributed by atoms with E-state index in [0.29, 0.717) is 0 Å². The molecule has 1 aromatic heterocycles. The molecular weight excluding hydrogens is 336 g/mol. The number of hydrogen-bond donors (Lipinski definition) is 0. The van der Waals surface area contributed by atoms with Crippen LogP contribution in [-0.2, 0) is 6.54 Å². The van der Waals surface area contributed by atoms with E-state index in [0.717, 1.165) is 50.0 Å². The zero-order valence-corrected chi connectivity index (χ0v) is 15.6. The standard InChI is InChI=1S/C22H24N4O/c1-27-21-9-3-2-8-20(21)19-7-4-6-18(16-19)17-25-12-14-26(15-13-25)22-23-10-5-11-24-22/h2-11,16H,12-15,17H2,1H3. The van der Waals surface area contributed by atoms with Gasteiger partial charge in [0.25, 0.3) is 0 Å². The van der Waals surface area contributed by atoms with Crippen LogP contribution in [0, 0.1) is 0 Å². The molecule has 0 bridgehead atoms. The molecule has 2 heterocycles. The maximum absolute atomic E-state index is 5.52. The predicted octanol–water partition coefficient (Wildman–Crippen LogP) is 3.47. The maximum Gasteiger partial charge on any atom is 0.225 e. The van der Waals surface area contributed by atoms with E-state index in [1.807, 2.05) is 18.2 Å². The van der Waals surface area contributed by atoms with Crippen molar-refractivity contribution in [1.29, 1.82) is 0 Å². The lowest BCUT2D eigenvalue weighted by molar-refractivity contribution is 0.248. The third-order valence-electron chi connectivity index (χ3n) is 4.96. The van der Waals surface area contributed by atoms with Crippen LogP contribution in [0.25, 0.3) is 11.1 Å². The van der Waals surface area contributed by atoms with Gasteiger partial charge in [-0.25, -0.2) is 9.97 Å². The molecule has 27 heavy (non-hydrogen) atoms. The maximum atomic E-state index is 5.52. The van der Waals surface area contributed by atoms with Gasteiger partial charge in [-0.15, -0.1) is 0 Å². The zero-order valence-electron chi connectivity index (χ0n) is 15.6. The number of methoxy groups -OCH3 is 1. The van der Waals surface area contributed by atoms with E-state index in [1.165, 1.54) is 11.1 Å². The second-order valence-electron chi connectivity index (χ2n) is 6.71. The second kappa shape index (κ2) is 8.18. The minimum absolute atomic E-state index is 0.829.